The van der Waals surface area contributed by atoms with Gasteiger partial charge in [0, 0.05) is 12.2 Å². The molecule has 0 spiro atoms. The van der Waals surface area contributed by atoms with Gasteiger partial charge in [0.15, 0.2) is 0 Å². The number of amides is 2. The van der Waals surface area contributed by atoms with Crippen LogP contribution in [0.1, 0.15) is 24.2 Å². The van der Waals surface area contributed by atoms with Crippen molar-refractivity contribution in [2.75, 3.05) is 23.7 Å². The van der Waals surface area contributed by atoms with Gasteiger partial charge in [-0.25, -0.2) is 4.39 Å². The summed E-state index contributed by atoms with van der Waals surface area (Å²) in [7, 11) is 0. The van der Waals surface area contributed by atoms with Crippen molar-refractivity contribution in [1.82, 2.24) is 5.32 Å². The molecule has 6 heteroatoms. The molecule has 0 atom stereocenters. The van der Waals surface area contributed by atoms with Gasteiger partial charge in [0.05, 0.1) is 17.8 Å². The number of nitrogens with one attached hydrogen (secondary N) is 3. The number of carbonyl (C=O) groups is 2. The first-order valence-corrected chi connectivity index (χ1v) is 8.12. The maximum Gasteiger partial charge on any atom is 0.253 e. The van der Waals surface area contributed by atoms with Crippen LogP contribution in [0.15, 0.2) is 48.5 Å². The van der Waals surface area contributed by atoms with Crippen LogP contribution in [0.4, 0.5) is 15.8 Å². The maximum absolute atomic E-state index is 12.9. The van der Waals surface area contributed by atoms with Crippen molar-refractivity contribution in [3.8, 4) is 0 Å². The summed E-state index contributed by atoms with van der Waals surface area (Å²) in [5.74, 6) is -0.522. The second kappa shape index (κ2) is 8.82. The Balaban J connectivity index is 1.96. The van der Waals surface area contributed by atoms with E-state index in [0.29, 0.717) is 29.4 Å². The average molecular weight is 343 g/mol. The number of halogens is 1. The van der Waals surface area contributed by atoms with E-state index in [9.17, 15) is 14.0 Å². The van der Waals surface area contributed by atoms with E-state index in [2.05, 4.69) is 16.0 Å². The van der Waals surface area contributed by atoms with Crippen LogP contribution < -0.4 is 16.0 Å². The molecule has 2 aromatic carbocycles. The van der Waals surface area contributed by atoms with E-state index in [-0.39, 0.29) is 24.2 Å². The quantitative estimate of drug-likeness (QED) is 0.723. The number of para-hydroxylation sites is 1. The third-order valence-electron chi connectivity index (χ3n) is 3.41. The Kier molecular flexibility index (Phi) is 6.51. The Morgan fingerprint density at radius 2 is 1.72 bits per heavy atom. The van der Waals surface area contributed by atoms with Crippen molar-refractivity contribution in [2.45, 2.75) is 13.8 Å². The zero-order valence-corrected chi connectivity index (χ0v) is 14.3. The molecule has 0 aliphatic rings. The lowest BCUT2D eigenvalue weighted by Crippen LogP contribution is -2.29. The van der Waals surface area contributed by atoms with Crippen LogP contribution in [0.25, 0.3) is 0 Å². The third-order valence-corrected chi connectivity index (χ3v) is 3.41. The second-order valence-corrected chi connectivity index (χ2v) is 6.06. The largest absolute Gasteiger partial charge is 0.376 e. The molecule has 0 heterocycles. The number of hydrogen-bond acceptors (Lipinski definition) is 3. The molecule has 0 aromatic heterocycles. The maximum atomic E-state index is 12.9. The van der Waals surface area contributed by atoms with Crippen molar-refractivity contribution in [1.29, 1.82) is 0 Å². The third kappa shape index (κ3) is 5.91. The molecule has 132 valence electrons. The van der Waals surface area contributed by atoms with Gasteiger partial charge in [0.1, 0.15) is 5.82 Å². The van der Waals surface area contributed by atoms with Crippen molar-refractivity contribution in [3.05, 3.63) is 59.9 Å². The molecule has 0 aliphatic carbocycles. The van der Waals surface area contributed by atoms with Crippen LogP contribution in [-0.2, 0) is 4.79 Å². The van der Waals surface area contributed by atoms with Crippen LogP contribution in [0.2, 0.25) is 0 Å². The van der Waals surface area contributed by atoms with Gasteiger partial charge in [-0.05, 0) is 42.3 Å². The molecule has 0 aliphatic heterocycles. The van der Waals surface area contributed by atoms with Crippen molar-refractivity contribution >= 4 is 23.2 Å². The van der Waals surface area contributed by atoms with Gasteiger partial charge in [-0.3, -0.25) is 9.59 Å². The number of benzene rings is 2. The van der Waals surface area contributed by atoms with E-state index >= 15 is 0 Å². The van der Waals surface area contributed by atoms with Gasteiger partial charge in [-0.15, -0.1) is 0 Å². The highest BCUT2D eigenvalue weighted by molar-refractivity contribution is 6.04. The standard InChI is InChI=1S/C19H22FN3O2/c1-13(2)11-22-19(25)16-5-3-4-6-17(16)23-18(24)12-21-15-9-7-14(20)8-10-15/h3-10,13,21H,11-12H2,1-2H3,(H,22,25)(H,23,24). The summed E-state index contributed by atoms with van der Waals surface area (Å²) in [5.41, 5.74) is 1.51. The van der Waals surface area contributed by atoms with Gasteiger partial charge in [-0.1, -0.05) is 26.0 Å². The molecule has 0 fully saturated rings. The van der Waals surface area contributed by atoms with Gasteiger partial charge in [0.2, 0.25) is 5.91 Å². The fourth-order valence-electron chi connectivity index (χ4n) is 2.13. The molecule has 3 N–H and O–H groups in total. The van der Waals surface area contributed by atoms with Crippen LogP contribution in [-0.4, -0.2) is 24.9 Å². The van der Waals surface area contributed by atoms with Gasteiger partial charge < -0.3 is 16.0 Å². The molecule has 0 unspecified atom stereocenters. The molecule has 25 heavy (non-hydrogen) atoms. The van der Waals surface area contributed by atoms with Crippen molar-refractivity contribution in [2.24, 2.45) is 5.92 Å². The normalized spacial score (nSPS) is 10.4. The Labute approximate surface area is 146 Å². The van der Waals surface area contributed by atoms with E-state index in [1.165, 1.54) is 12.1 Å². The minimum atomic E-state index is -0.337. The minimum Gasteiger partial charge on any atom is -0.376 e. The van der Waals surface area contributed by atoms with E-state index in [4.69, 9.17) is 0 Å². The topological polar surface area (TPSA) is 70.2 Å². The molecule has 2 rings (SSSR count). The first-order chi connectivity index (χ1) is 12.0. The molecular formula is C19H22FN3O2. The van der Waals surface area contributed by atoms with Crippen LogP contribution in [0.3, 0.4) is 0 Å². The Morgan fingerprint density at radius 1 is 1.04 bits per heavy atom. The predicted molar refractivity (Wildman–Crippen MR) is 97.1 cm³/mol. The summed E-state index contributed by atoms with van der Waals surface area (Å²) in [6.07, 6.45) is 0. The van der Waals surface area contributed by atoms with Gasteiger partial charge >= 0.3 is 0 Å². The minimum absolute atomic E-state index is 0.00752. The van der Waals surface area contributed by atoms with Crippen LogP contribution in [0.5, 0.6) is 0 Å². The zero-order valence-electron chi connectivity index (χ0n) is 14.3. The molecule has 2 amide bonds. The van der Waals surface area contributed by atoms with E-state index < -0.39 is 0 Å². The lowest BCUT2D eigenvalue weighted by molar-refractivity contribution is -0.114. The fraction of sp³-hybridized carbons (Fsp3) is 0.263. The molecule has 0 saturated heterocycles. The second-order valence-electron chi connectivity index (χ2n) is 6.06. The number of hydrogen-bond donors (Lipinski definition) is 3. The molecule has 5 nitrogen and oxygen atoms in total. The van der Waals surface area contributed by atoms with Crippen molar-refractivity contribution in [3.63, 3.8) is 0 Å². The molecule has 0 radical (unpaired) electrons. The summed E-state index contributed by atoms with van der Waals surface area (Å²) in [5, 5.41) is 8.46. The average Bonchev–Trinajstić information content (AvgIpc) is 2.59. The highest BCUT2D eigenvalue weighted by Gasteiger charge is 2.13. The Hall–Kier alpha value is -2.89. The van der Waals surface area contributed by atoms with Crippen molar-refractivity contribution < 1.29 is 14.0 Å². The number of carbonyl (C=O) groups excluding carboxylic acids is 2. The van der Waals surface area contributed by atoms with Gasteiger partial charge in [0.25, 0.3) is 5.91 Å². The van der Waals surface area contributed by atoms with Gasteiger partial charge in [-0.2, -0.15) is 0 Å². The summed E-state index contributed by atoms with van der Waals surface area (Å²) < 4.78 is 12.9. The molecule has 0 bridgehead atoms. The smallest absolute Gasteiger partial charge is 0.253 e. The number of rotatable bonds is 7. The zero-order chi connectivity index (χ0) is 18.2. The first kappa shape index (κ1) is 18.4. The monoisotopic (exact) mass is 343 g/mol. The summed E-state index contributed by atoms with van der Waals surface area (Å²) >= 11 is 0. The first-order valence-electron chi connectivity index (χ1n) is 8.12. The highest BCUT2D eigenvalue weighted by atomic mass is 19.1. The summed E-state index contributed by atoms with van der Waals surface area (Å²) in [6.45, 7) is 4.59. The van der Waals surface area contributed by atoms with E-state index in [1.54, 1.807) is 36.4 Å². The SMILES string of the molecule is CC(C)CNC(=O)c1ccccc1NC(=O)CNc1ccc(F)cc1. The number of anilines is 2. The van der Waals surface area contributed by atoms with E-state index in [1.807, 2.05) is 13.8 Å². The lowest BCUT2D eigenvalue weighted by Gasteiger charge is -2.13. The summed E-state index contributed by atoms with van der Waals surface area (Å²) in [6, 6.07) is 12.6. The molecule has 0 saturated carbocycles. The van der Waals surface area contributed by atoms with Crippen LogP contribution in [0, 0.1) is 11.7 Å². The van der Waals surface area contributed by atoms with E-state index in [0.717, 1.165) is 0 Å². The predicted octanol–water partition coefficient (Wildman–Crippen LogP) is 3.26. The summed E-state index contributed by atoms with van der Waals surface area (Å²) in [4.78, 5) is 24.4. The van der Waals surface area contributed by atoms with Crippen LogP contribution >= 0.6 is 0 Å². The highest BCUT2D eigenvalue weighted by Crippen LogP contribution is 2.15. The molecule has 2 aromatic rings. The Bertz CT molecular complexity index is 730. The fourth-order valence-corrected chi connectivity index (χ4v) is 2.13. The lowest BCUT2D eigenvalue weighted by atomic mass is 10.1. The Morgan fingerprint density at radius 3 is 2.40 bits per heavy atom. The molecular weight excluding hydrogens is 321 g/mol.